The lowest BCUT2D eigenvalue weighted by Gasteiger charge is -2.16. The van der Waals surface area contributed by atoms with Gasteiger partial charge in [0, 0.05) is 11.6 Å². The molecule has 2 aromatic rings. The van der Waals surface area contributed by atoms with E-state index in [-0.39, 0.29) is 12.7 Å². The largest absolute Gasteiger partial charge is 0.480 e. The van der Waals surface area contributed by atoms with Crippen molar-refractivity contribution in [3.63, 3.8) is 0 Å². The molecule has 0 saturated heterocycles. The third-order valence-electron chi connectivity index (χ3n) is 3.47. The molecule has 0 saturated carbocycles. The molecule has 1 heterocycles. The molecule has 0 aliphatic carbocycles. The normalized spacial score (nSPS) is 13.5. The molecule has 24 heavy (non-hydrogen) atoms. The van der Waals surface area contributed by atoms with Crippen molar-refractivity contribution in [1.29, 1.82) is 0 Å². The Morgan fingerprint density at radius 2 is 2.08 bits per heavy atom. The Bertz CT molecular complexity index is 768. The van der Waals surface area contributed by atoms with Crippen LogP contribution in [0.25, 0.3) is 0 Å². The number of rotatable bonds is 5. The minimum Gasteiger partial charge on any atom is -0.480 e. The Balaban J connectivity index is 1.56. The van der Waals surface area contributed by atoms with Gasteiger partial charge in [0.25, 0.3) is 5.91 Å². The maximum absolute atomic E-state index is 12.2. The van der Waals surface area contributed by atoms with E-state index < -0.39 is 6.10 Å². The number of amides is 1. The van der Waals surface area contributed by atoms with Crippen LogP contribution in [0.5, 0.6) is 17.2 Å². The molecule has 0 aromatic heterocycles. The molecule has 1 aliphatic heterocycles. The van der Waals surface area contributed by atoms with Gasteiger partial charge in [0.2, 0.25) is 6.79 Å². The van der Waals surface area contributed by atoms with Gasteiger partial charge in [0.05, 0.1) is 4.47 Å². The Morgan fingerprint density at radius 3 is 2.88 bits per heavy atom. The van der Waals surface area contributed by atoms with E-state index in [4.69, 9.17) is 25.8 Å². The van der Waals surface area contributed by atoms with Crippen molar-refractivity contribution in [2.45, 2.75) is 19.6 Å². The van der Waals surface area contributed by atoms with E-state index in [1.165, 1.54) is 0 Å². The summed E-state index contributed by atoms with van der Waals surface area (Å²) in [6.07, 6.45) is -0.642. The second-order valence-electron chi connectivity index (χ2n) is 5.24. The Labute approximate surface area is 153 Å². The van der Waals surface area contributed by atoms with Crippen molar-refractivity contribution < 1.29 is 19.0 Å². The molecule has 5 nitrogen and oxygen atoms in total. The van der Waals surface area contributed by atoms with Gasteiger partial charge < -0.3 is 19.5 Å². The van der Waals surface area contributed by atoms with Gasteiger partial charge in [-0.1, -0.05) is 17.7 Å². The first kappa shape index (κ1) is 16.9. The number of fused-ring (bicyclic) bond motifs is 1. The number of ether oxygens (including phenoxy) is 3. The number of carbonyl (C=O) groups is 1. The smallest absolute Gasteiger partial charge is 0.261 e. The summed E-state index contributed by atoms with van der Waals surface area (Å²) in [5.74, 6) is 1.75. The van der Waals surface area contributed by atoms with Gasteiger partial charge >= 0.3 is 0 Å². The molecule has 0 unspecified atom stereocenters. The SMILES string of the molecule is C[C@@H](Oc1ccc(Cl)cc1Br)C(=O)NCc1ccc2c(c1)OCO2. The van der Waals surface area contributed by atoms with Gasteiger partial charge in [-0.2, -0.15) is 0 Å². The quantitative estimate of drug-likeness (QED) is 0.809. The van der Waals surface area contributed by atoms with Crippen molar-refractivity contribution in [3.05, 3.63) is 51.5 Å². The van der Waals surface area contributed by atoms with E-state index in [0.29, 0.717) is 27.5 Å². The van der Waals surface area contributed by atoms with E-state index in [1.54, 1.807) is 25.1 Å². The van der Waals surface area contributed by atoms with Crippen LogP contribution < -0.4 is 19.5 Å². The zero-order valence-electron chi connectivity index (χ0n) is 12.8. The number of carbonyl (C=O) groups excluding carboxylic acids is 1. The van der Waals surface area contributed by atoms with Crippen molar-refractivity contribution >= 4 is 33.4 Å². The Hall–Kier alpha value is -1.92. The van der Waals surface area contributed by atoms with E-state index in [0.717, 1.165) is 11.3 Å². The summed E-state index contributed by atoms with van der Waals surface area (Å²) in [5.41, 5.74) is 0.924. The summed E-state index contributed by atoms with van der Waals surface area (Å²) >= 11 is 9.25. The molecule has 2 aromatic carbocycles. The molecule has 0 spiro atoms. The lowest BCUT2D eigenvalue weighted by atomic mass is 10.2. The van der Waals surface area contributed by atoms with Crippen LogP contribution in [0.2, 0.25) is 5.02 Å². The Morgan fingerprint density at radius 1 is 1.29 bits per heavy atom. The van der Waals surface area contributed by atoms with Gasteiger partial charge in [0.1, 0.15) is 5.75 Å². The molecule has 0 radical (unpaired) electrons. The summed E-state index contributed by atoms with van der Waals surface area (Å²) in [7, 11) is 0. The van der Waals surface area contributed by atoms with Gasteiger partial charge in [-0.05, 0) is 58.7 Å². The van der Waals surface area contributed by atoms with Crippen LogP contribution in [0.15, 0.2) is 40.9 Å². The van der Waals surface area contributed by atoms with E-state index >= 15 is 0 Å². The van der Waals surface area contributed by atoms with Crippen LogP contribution in [-0.2, 0) is 11.3 Å². The summed E-state index contributed by atoms with van der Waals surface area (Å²) in [5, 5.41) is 3.43. The van der Waals surface area contributed by atoms with Gasteiger partial charge in [-0.15, -0.1) is 0 Å². The average molecular weight is 413 g/mol. The molecular weight excluding hydrogens is 398 g/mol. The predicted octanol–water partition coefficient (Wildman–Crippen LogP) is 3.91. The molecule has 126 valence electrons. The predicted molar refractivity (Wildman–Crippen MR) is 93.7 cm³/mol. The number of benzene rings is 2. The van der Waals surface area contributed by atoms with Crippen LogP contribution in [0, 0.1) is 0 Å². The highest BCUT2D eigenvalue weighted by atomic mass is 79.9. The van der Waals surface area contributed by atoms with Crippen molar-refractivity contribution in [2.75, 3.05) is 6.79 Å². The molecule has 3 rings (SSSR count). The van der Waals surface area contributed by atoms with Crippen molar-refractivity contribution in [3.8, 4) is 17.2 Å². The molecule has 1 atom stereocenters. The first-order valence-electron chi connectivity index (χ1n) is 7.31. The maximum atomic E-state index is 12.2. The number of hydrogen-bond acceptors (Lipinski definition) is 4. The van der Waals surface area contributed by atoms with Gasteiger partial charge in [-0.25, -0.2) is 0 Å². The van der Waals surface area contributed by atoms with Crippen LogP contribution in [0.4, 0.5) is 0 Å². The Kier molecular flexibility index (Phi) is 5.16. The topological polar surface area (TPSA) is 56.8 Å². The van der Waals surface area contributed by atoms with Crippen LogP contribution in [-0.4, -0.2) is 18.8 Å². The lowest BCUT2D eigenvalue weighted by molar-refractivity contribution is -0.127. The lowest BCUT2D eigenvalue weighted by Crippen LogP contribution is -2.35. The van der Waals surface area contributed by atoms with Crippen molar-refractivity contribution in [2.24, 2.45) is 0 Å². The molecule has 1 amide bonds. The average Bonchev–Trinajstić information content (AvgIpc) is 3.02. The molecular formula is C17H15BrClNO4. The fourth-order valence-electron chi connectivity index (χ4n) is 2.20. The van der Waals surface area contributed by atoms with E-state index in [1.807, 2.05) is 18.2 Å². The van der Waals surface area contributed by atoms with Gasteiger partial charge in [0.15, 0.2) is 17.6 Å². The molecule has 1 aliphatic rings. The minimum absolute atomic E-state index is 0.213. The molecule has 0 fully saturated rings. The number of halogens is 2. The third kappa shape index (κ3) is 3.94. The second kappa shape index (κ2) is 7.32. The standard InChI is InChI=1S/C17H15BrClNO4/c1-10(24-14-5-3-12(19)7-13(14)18)17(21)20-8-11-2-4-15-16(6-11)23-9-22-15/h2-7,10H,8-9H2,1H3,(H,20,21)/t10-/m1/s1. The van der Waals surface area contributed by atoms with Crippen molar-refractivity contribution in [1.82, 2.24) is 5.32 Å². The number of hydrogen-bond donors (Lipinski definition) is 1. The van der Waals surface area contributed by atoms with E-state index in [2.05, 4.69) is 21.2 Å². The first-order valence-corrected chi connectivity index (χ1v) is 8.48. The molecule has 7 heteroatoms. The highest BCUT2D eigenvalue weighted by molar-refractivity contribution is 9.10. The zero-order valence-corrected chi connectivity index (χ0v) is 15.2. The fourth-order valence-corrected chi connectivity index (χ4v) is 2.97. The summed E-state index contributed by atoms with van der Waals surface area (Å²) < 4.78 is 16.9. The third-order valence-corrected chi connectivity index (χ3v) is 4.33. The van der Waals surface area contributed by atoms with Crippen LogP contribution in [0.1, 0.15) is 12.5 Å². The minimum atomic E-state index is -0.642. The zero-order chi connectivity index (χ0) is 17.1. The van der Waals surface area contributed by atoms with Gasteiger partial charge in [-0.3, -0.25) is 4.79 Å². The number of nitrogens with one attached hydrogen (secondary N) is 1. The van der Waals surface area contributed by atoms with Crippen LogP contribution >= 0.6 is 27.5 Å². The van der Waals surface area contributed by atoms with E-state index in [9.17, 15) is 4.79 Å². The second-order valence-corrected chi connectivity index (χ2v) is 6.53. The fraction of sp³-hybridized carbons (Fsp3) is 0.235. The molecule has 0 bridgehead atoms. The summed E-state index contributed by atoms with van der Waals surface area (Å²) in [6, 6.07) is 10.7. The maximum Gasteiger partial charge on any atom is 0.261 e. The highest BCUT2D eigenvalue weighted by Gasteiger charge is 2.17. The highest BCUT2D eigenvalue weighted by Crippen LogP contribution is 2.32. The monoisotopic (exact) mass is 411 g/mol. The summed E-state index contributed by atoms with van der Waals surface area (Å²) in [4.78, 5) is 12.2. The molecule has 1 N–H and O–H groups in total. The van der Waals surface area contributed by atoms with Crippen LogP contribution in [0.3, 0.4) is 0 Å². The first-order chi connectivity index (χ1) is 11.5. The summed E-state index contributed by atoms with van der Waals surface area (Å²) in [6.45, 7) is 2.30.